The first-order chi connectivity index (χ1) is 17.3. The molecule has 0 aromatic carbocycles. The van der Waals surface area contributed by atoms with Gasteiger partial charge >= 0.3 is 18.2 Å². The van der Waals surface area contributed by atoms with Crippen molar-refractivity contribution >= 4 is 23.7 Å². The zero-order valence-electron chi connectivity index (χ0n) is 20.5. The molecule has 0 spiro atoms. The number of halogens is 4. The number of hydrogen-bond acceptors (Lipinski definition) is 9. The van der Waals surface area contributed by atoms with Gasteiger partial charge in [0.2, 0.25) is 0 Å². The number of rotatable bonds is 23. The number of carbonyl (C=O) groups is 2. The van der Waals surface area contributed by atoms with Crippen LogP contribution in [0.4, 0.5) is 18.0 Å². The molecule has 0 unspecified atom stereocenters. The van der Waals surface area contributed by atoms with E-state index in [0.717, 1.165) is 38.2 Å². The highest BCUT2D eigenvalue weighted by Gasteiger charge is 2.38. The van der Waals surface area contributed by atoms with Crippen molar-refractivity contribution in [2.24, 2.45) is 5.73 Å². The van der Waals surface area contributed by atoms with Gasteiger partial charge in [-0.25, -0.2) is 9.59 Å². The lowest BCUT2D eigenvalue weighted by atomic mass is 10.2. The van der Waals surface area contributed by atoms with Crippen LogP contribution in [0.15, 0.2) is 0 Å². The first-order valence-corrected chi connectivity index (χ1v) is 12.1. The molecule has 0 atom stereocenters. The summed E-state index contributed by atoms with van der Waals surface area (Å²) in [4.78, 5) is 20.4. The average Bonchev–Trinajstić information content (AvgIpc) is 2.83. The Morgan fingerprint density at radius 2 is 1.17 bits per heavy atom. The number of ether oxygens (including phenoxy) is 6. The summed E-state index contributed by atoms with van der Waals surface area (Å²) in [5.41, 5.74) is 5.29. The predicted octanol–water partition coefficient (Wildman–Crippen LogP) is 2.19. The van der Waals surface area contributed by atoms with Crippen molar-refractivity contribution in [2.45, 2.75) is 31.9 Å². The van der Waals surface area contributed by atoms with E-state index in [4.69, 9.17) is 55.7 Å². The first-order valence-electron chi connectivity index (χ1n) is 11.6. The summed E-state index contributed by atoms with van der Waals surface area (Å²) in [6.45, 7) is 6.09. The molecule has 0 fully saturated rings. The summed E-state index contributed by atoms with van der Waals surface area (Å²) in [5.74, 6) is -2.03. The number of carbonyl (C=O) groups excluding carboxylic acids is 1. The smallest absolute Gasteiger partial charge is 0.475 e. The molecule has 0 heterocycles. The minimum atomic E-state index is -5.08. The molecule has 0 saturated carbocycles. The lowest BCUT2D eigenvalue weighted by molar-refractivity contribution is -0.192. The first kappa shape index (κ1) is 36.7. The Morgan fingerprint density at radius 1 is 0.722 bits per heavy atom. The maximum Gasteiger partial charge on any atom is 0.490 e. The lowest BCUT2D eigenvalue weighted by Gasteiger charge is -2.09. The Balaban J connectivity index is 0. The molecule has 0 aliphatic rings. The van der Waals surface area contributed by atoms with E-state index in [0.29, 0.717) is 72.6 Å². The van der Waals surface area contributed by atoms with Gasteiger partial charge in [-0.2, -0.15) is 13.2 Å². The summed E-state index contributed by atoms with van der Waals surface area (Å²) in [5, 5.41) is 9.73. The van der Waals surface area contributed by atoms with Crippen molar-refractivity contribution in [1.29, 1.82) is 0 Å². The second-order valence-corrected chi connectivity index (χ2v) is 7.20. The third-order valence-corrected chi connectivity index (χ3v) is 4.04. The molecule has 0 bridgehead atoms. The quantitative estimate of drug-likeness (QED) is 0.126. The number of alkyl halides is 4. The third-order valence-electron chi connectivity index (χ3n) is 3.77. The second kappa shape index (κ2) is 28.2. The predicted molar refractivity (Wildman–Crippen MR) is 125 cm³/mol. The van der Waals surface area contributed by atoms with Crippen molar-refractivity contribution in [3.05, 3.63) is 0 Å². The van der Waals surface area contributed by atoms with Crippen molar-refractivity contribution in [1.82, 2.24) is 5.32 Å². The molecule has 0 radical (unpaired) electrons. The van der Waals surface area contributed by atoms with Gasteiger partial charge in [0, 0.05) is 25.6 Å². The van der Waals surface area contributed by atoms with E-state index >= 15 is 0 Å². The molecule has 1 amide bonds. The summed E-state index contributed by atoms with van der Waals surface area (Å²) in [7, 11) is 0. The number of nitrogens with two attached hydrogens (primary N) is 1. The average molecular weight is 557 g/mol. The van der Waals surface area contributed by atoms with E-state index in [2.05, 4.69) is 5.32 Å². The van der Waals surface area contributed by atoms with Crippen LogP contribution in [0.5, 0.6) is 0 Å². The second-order valence-electron chi connectivity index (χ2n) is 6.82. The molecular weight excluding hydrogens is 517 g/mol. The van der Waals surface area contributed by atoms with Gasteiger partial charge in [-0.1, -0.05) is 12.8 Å². The number of aliphatic carboxylic acids is 1. The van der Waals surface area contributed by atoms with E-state index in [1.165, 1.54) is 0 Å². The van der Waals surface area contributed by atoms with Crippen LogP contribution in [0.25, 0.3) is 0 Å². The molecule has 0 saturated heterocycles. The zero-order chi connectivity index (χ0) is 27.3. The van der Waals surface area contributed by atoms with Crippen LogP contribution in [0.2, 0.25) is 0 Å². The van der Waals surface area contributed by atoms with Gasteiger partial charge in [0.1, 0.15) is 6.61 Å². The van der Waals surface area contributed by atoms with Gasteiger partial charge in [0.25, 0.3) is 0 Å². The standard InChI is InChI=1S/C19H39ClN2O7.C2HF3O2/c20-5-3-1-2-4-8-24-11-13-26-10-7-22-19(23)29-18-17-28-16-15-27-14-12-25-9-6-21;3-2(4,5)1(6)7/h1-18,21H2,(H,22,23);(H,6,7). The maximum absolute atomic E-state index is 11.5. The topological polar surface area (TPSA) is 148 Å². The number of nitrogens with one attached hydrogen (secondary N) is 1. The largest absolute Gasteiger partial charge is 0.490 e. The van der Waals surface area contributed by atoms with Crippen molar-refractivity contribution < 1.29 is 56.3 Å². The molecule has 0 rings (SSSR count). The van der Waals surface area contributed by atoms with Crippen LogP contribution < -0.4 is 11.1 Å². The summed E-state index contributed by atoms with van der Waals surface area (Å²) >= 11 is 5.61. The highest BCUT2D eigenvalue weighted by atomic mass is 35.5. The van der Waals surface area contributed by atoms with Crippen molar-refractivity contribution in [2.75, 3.05) is 91.6 Å². The molecule has 15 heteroatoms. The fraction of sp³-hybridized carbons (Fsp3) is 0.905. The molecule has 11 nitrogen and oxygen atoms in total. The normalized spacial score (nSPS) is 11.0. The third kappa shape index (κ3) is 32.6. The van der Waals surface area contributed by atoms with Crippen molar-refractivity contribution in [3.8, 4) is 0 Å². The van der Waals surface area contributed by atoms with E-state index < -0.39 is 18.2 Å². The Hall–Kier alpha value is -1.42. The van der Waals surface area contributed by atoms with Crippen LogP contribution in [-0.2, 0) is 33.2 Å². The molecule has 36 heavy (non-hydrogen) atoms. The number of unbranched alkanes of at least 4 members (excludes halogenated alkanes) is 3. The van der Waals surface area contributed by atoms with Crippen molar-refractivity contribution in [3.63, 3.8) is 0 Å². The van der Waals surface area contributed by atoms with E-state index in [9.17, 15) is 18.0 Å². The number of amides is 1. The molecule has 216 valence electrons. The summed E-state index contributed by atoms with van der Waals surface area (Å²) in [6.07, 6.45) is -1.17. The van der Waals surface area contributed by atoms with Gasteiger partial charge < -0.3 is 44.6 Å². The Bertz CT molecular complexity index is 508. The van der Waals surface area contributed by atoms with Gasteiger partial charge in [-0.05, 0) is 12.8 Å². The van der Waals surface area contributed by atoms with Crippen LogP contribution in [0, 0.1) is 0 Å². The minimum Gasteiger partial charge on any atom is -0.475 e. The zero-order valence-corrected chi connectivity index (χ0v) is 21.3. The van der Waals surface area contributed by atoms with E-state index in [1.807, 2.05) is 0 Å². The van der Waals surface area contributed by atoms with E-state index in [1.54, 1.807) is 0 Å². The fourth-order valence-corrected chi connectivity index (χ4v) is 2.26. The van der Waals surface area contributed by atoms with Gasteiger partial charge in [-0.3, -0.25) is 0 Å². The molecule has 0 aliphatic heterocycles. The minimum absolute atomic E-state index is 0.186. The van der Waals surface area contributed by atoms with E-state index in [-0.39, 0.29) is 6.61 Å². The van der Waals surface area contributed by atoms with Gasteiger partial charge in [-0.15, -0.1) is 11.6 Å². The number of alkyl carbamates (subject to hydrolysis) is 1. The number of carboxylic acids is 1. The Kier molecular flexibility index (Phi) is 28.7. The number of carboxylic acid groups (broad SMARTS) is 1. The highest BCUT2D eigenvalue weighted by Crippen LogP contribution is 2.13. The lowest BCUT2D eigenvalue weighted by Crippen LogP contribution is -2.29. The number of hydrogen-bond donors (Lipinski definition) is 3. The summed E-state index contributed by atoms with van der Waals surface area (Å²) in [6, 6.07) is 0. The van der Waals surface area contributed by atoms with Crippen LogP contribution in [-0.4, -0.2) is 115 Å². The molecule has 0 aromatic rings. The Labute approximate surface area is 215 Å². The summed E-state index contributed by atoms with van der Waals surface area (Å²) < 4.78 is 63.3. The maximum atomic E-state index is 11.5. The highest BCUT2D eigenvalue weighted by molar-refractivity contribution is 6.17. The van der Waals surface area contributed by atoms with Crippen LogP contribution in [0.1, 0.15) is 25.7 Å². The Morgan fingerprint density at radius 3 is 1.67 bits per heavy atom. The molecule has 0 aliphatic carbocycles. The molecular formula is C21H40ClF3N2O9. The monoisotopic (exact) mass is 556 g/mol. The molecule has 4 N–H and O–H groups in total. The fourth-order valence-electron chi connectivity index (χ4n) is 2.07. The van der Waals surface area contributed by atoms with Gasteiger partial charge in [0.05, 0.1) is 59.5 Å². The molecule has 0 aromatic heterocycles. The SMILES string of the molecule is NCCOCCOCCOCCOC(=O)NCCOCCOCCCCCCCl.O=C(O)C(F)(F)F. The van der Waals surface area contributed by atoms with Crippen LogP contribution in [0.3, 0.4) is 0 Å². The van der Waals surface area contributed by atoms with Crippen LogP contribution >= 0.6 is 11.6 Å². The van der Waals surface area contributed by atoms with Gasteiger partial charge in [0.15, 0.2) is 0 Å².